The Balaban J connectivity index is 3.24. The number of carbonyl (C=O) groups is 1. The number of hydrogen-bond donors (Lipinski definition) is 1. The summed E-state index contributed by atoms with van der Waals surface area (Å²) in [6.07, 6.45) is 0.888. The third kappa shape index (κ3) is 3.65. The van der Waals surface area contributed by atoms with Crippen molar-refractivity contribution < 1.29 is 4.79 Å². The van der Waals surface area contributed by atoms with Gasteiger partial charge in [-0.15, -0.1) is 0 Å². The summed E-state index contributed by atoms with van der Waals surface area (Å²) in [7, 11) is 0. The zero-order valence-corrected chi connectivity index (χ0v) is 5.40. The molecule has 0 aliphatic carbocycles. The molecule has 1 amide bonds. The number of hydrogen-bond acceptors (Lipinski definition) is 1. The SMILES string of the molecule is [CH2]C(CC)NC(C)=O. The Hall–Kier alpha value is -0.530. The monoisotopic (exact) mass is 114 g/mol. The lowest BCUT2D eigenvalue weighted by molar-refractivity contribution is -0.119. The fraction of sp³-hybridized carbons (Fsp3) is 0.667. The van der Waals surface area contributed by atoms with Crippen LogP contribution < -0.4 is 5.32 Å². The molecule has 1 radical (unpaired) electrons. The zero-order chi connectivity index (χ0) is 6.57. The van der Waals surface area contributed by atoms with Crippen molar-refractivity contribution in [3.63, 3.8) is 0 Å². The van der Waals surface area contributed by atoms with E-state index in [0.717, 1.165) is 6.42 Å². The van der Waals surface area contributed by atoms with Crippen LogP contribution in [0.15, 0.2) is 0 Å². The van der Waals surface area contributed by atoms with Crippen LogP contribution in [0, 0.1) is 6.92 Å². The highest BCUT2D eigenvalue weighted by atomic mass is 16.1. The molecular formula is C6H12NO. The van der Waals surface area contributed by atoms with Gasteiger partial charge in [-0.3, -0.25) is 4.79 Å². The maximum atomic E-state index is 10.3. The standard InChI is InChI=1S/C6H12NO/c1-4-5(2)7-6(3)8/h5H,2,4H2,1,3H3,(H,7,8). The average molecular weight is 114 g/mol. The van der Waals surface area contributed by atoms with E-state index >= 15 is 0 Å². The minimum absolute atomic E-state index is 0.00755. The van der Waals surface area contributed by atoms with Gasteiger partial charge in [0.25, 0.3) is 0 Å². The Kier molecular flexibility index (Phi) is 3.24. The predicted octanol–water partition coefficient (Wildman–Crippen LogP) is 0.735. The molecule has 0 bridgehead atoms. The lowest BCUT2D eigenvalue weighted by Crippen LogP contribution is -2.29. The van der Waals surface area contributed by atoms with Crippen molar-refractivity contribution >= 4 is 5.91 Å². The maximum Gasteiger partial charge on any atom is 0.217 e. The van der Waals surface area contributed by atoms with E-state index in [1.54, 1.807) is 0 Å². The molecule has 0 aliphatic heterocycles. The van der Waals surface area contributed by atoms with Crippen molar-refractivity contribution in [3.8, 4) is 0 Å². The highest BCUT2D eigenvalue weighted by molar-refractivity contribution is 5.73. The molecule has 0 heterocycles. The number of amides is 1. The first-order valence-corrected chi connectivity index (χ1v) is 2.77. The lowest BCUT2D eigenvalue weighted by atomic mass is 10.3. The van der Waals surface area contributed by atoms with E-state index in [0.29, 0.717) is 0 Å². The average Bonchev–Trinajstić information content (AvgIpc) is 1.65. The molecule has 8 heavy (non-hydrogen) atoms. The second-order valence-corrected chi connectivity index (χ2v) is 1.81. The first-order valence-electron chi connectivity index (χ1n) is 2.77. The number of rotatable bonds is 2. The molecule has 0 rings (SSSR count). The molecule has 47 valence electrons. The summed E-state index contributed by atoms with van der Waals surface area (Å²) >= 11 is 0. The molecule has 0 aromatic heterocycles. The van der Waals surface area contributed by atoms with Gasteiger partial charge in [0.15, 0.2) is 0 Å². The van der Waals surface area contributed by atoms with Crippen LogP contribution in [0.5, 0.6) is 0 Å². The molecule has 0 fully saturated rings. The smallest absolute Gasteiger partial charge is 0.217 e. The minimum atomic E-state index is -0.00755. The van der Waals surface area contributed by atoms with E-state index in [4.69, 9.17) is 0 Å². The largest absolute Gasteiger partial charge is 0.354 e. The van der Waals surface area contributed by atoms with Crippen molar-refractivity contribution in [2.24, 2.45) is 0 Å². The fourth-order valence-electron chi connectivity index (χ4n) is 0.390. The second kappa shape index (κ2) is 3.47. The van der Waals surface area contributed by atoms with Crippen LogP contribution in [0.4, 0.5) is 0 Å². The van der Waals surface area contributed by atoms with Crippen LogP contribution in [-0.4, -0.2) is 11.9 Å². The molecule has 0 aliphatic rings. The maximum absolute atomic E-state index is 10.3. The molecule has 1 N–H and O–H groups in total. The van der Waals surface area contributed by atoms with E-state index in [1.807, 2.05) is 6.92 Å². The van der Waals surface area contributed by atoms with Crippen LogP contribution in [0.1, 0.15) is 20.3 Å². The summed E-state index contributed by atoms with van der Waals surface area (Å²) in [4.78, 5) is 10.3. The van der Waals surface area contributed by atoms with Gasteiger partial charge in [-0.1, -0.05) is 6.92 Å². The van der Waals surface area contributed by atoms with Crippen molar-refractivity contribution in [1.29, 1.82) is 0 Å². The van der Waals surface area contributed by atoms with Gasteiger partial charge >= 0.3 is 0 Å². The van der Waals surface area contributed by atoms with Crippen molar-refractivity contribution in [3.05, 3.63) is 6.92 Å². The first kappa shape index (κ1) is 7.47. The molecule has 1 unspecified atom stereocenters. The second-order valence-electron chi connectivity index (χ2n) is 1.81. The molecule has 2 nitrogen and oxygen atoms in total. The molecular weight excluding hydrogens is 102 g/mol. The zero-order valence-electron chi connectivity index (χ0n) is 5.40. The van der Waals surface area contributed by atoms with Crippen LogP contribution in [0.3, 0.4) is 0 Å². The van der Waals surface area contributed by atoms with E-state index in [9.17, 15) is 4.79 Å². The summed E-state index contributed by atoms with van der Waals surface area (Å²) < 4.78 is 0. The Morgan fingerprint density at radius 2 is 2.38 bits per heavy atom. The number of nitrogens with one attached hydrogen (secondary N) is 1. The Morgan fingerprint density at radius 1 is 1.88 bits per heavy atom. The highest BCUT2D eigenvalue weighted by Gasteiger charge is 1.96. The van der Waals surface area contributed by atoms with Crippen molar-refractivity contribution in [2.75, 3.05) is 0 Å². The van der Waals surface area contributed by atoms with Gasteiger partial charge in [0.1, 0.15) is 0 Å². The van der Waals surface area contributed by atoms with E-state index in [2.05, 4.69) is 12.2 Å². The quantitative estimate of drug-likeness (QED) is 0.563. The van der Waals surface area contributed by atoms with Gasteiger partial charge in [0, 0.05) is 13.0 Å². The van der Waals surface area contributed by atoms with Crippen LogP contribution in [0.25, 0.3) is 0 Å². The Bertz CT molecular complexity index is 80.6. The first-order chi connectivity index (χ1) is 3.66. The predicted molar refractivity (Wildman–Crippen MR) is 33.3 cm³/mol. The normalized spacial score (nSPS) is 12.9. The molecule has 0 saturated heterocycles. The minimum Gasteiger partial charge on any atom is -0.354 e. The summed E-state index contributed by atoms with van der Waals surface area (Å²) in [5.74, 6) is -0.00755. The van der Waals surface area contributed by atoms with Gasteiger partial charge in [0.2, 0.25) is 5.91 Å². The Morgan fingerprint density at radius 3 is 2.50 bits per heavy atom. The van der Waals surface area contributed by atoms with Crippen LogP contribution >= 0.6 is 0 Å². The van der Waals surface area contributed by atoms with Crippen molar-refractivity contribution in [2.45, 2.75) is 26.3 Å². The van der Waals surface area contributed by atoms with Crippen molar-refractivity contribution in [1.82, 2.24) is 5.32 Å². The van der Waals surface area contributed by atoms with E-state index < -0.39 is 0 Å². The van der Waals surface area contributed by atoms with E-state index in [1.165, 1.54) is 6.92 Å². The van der Waals surface area contributed by atoms with Crippen LogP contribution in [-0.2, 0) is 4.79 Å². The molecule has 0 aromatic carbocycles. The number of carbonyl (C=O) groups excluding carboxylic acids is 1. The molecule has 1 atom stereocenters. The summed E-state index contributed by atoms with van der Waals surface area (Å²) in [6, 6.07) is 0.0764. The lowest BCUT2D eigenvalue weighted by Gasteiger charge is -2.06. The third-order valence-corrected chi connectivity index (χ3v) is 0.900. The molecule has 0 aromatic rings. The fourth-order valence-corrected chi connectivity index (χ4v) is 0.390. The highest BCUT2D eigenvalue weighted by Crippen LogP contribution is 1.84. The molecule has 2 heteroatoms. The summed E-state index contributed by atoms with van der Waals surface area (Å²) in [6.45, 7) is 7.14. The molecule has 0 spiro atoms. The Labute approximate surface area is 50.3 Å². The summed E-state index contributed by atoms with van der Waals surface area (Å²) in [5.41, 5.74) is 0. The van der Waals surface area contributed by atoms with Gasteiger partial charge in [-0.2, -0.15) is 0 Å². The van der Waals surface area contributed by atoms with Gasteiger partial charge in [-0.05, 0) is 13.3 Å². The van der Waals surface area contributed by atoms with Gasteiger partial charge < -0.3 is 5.32 Å². The van der Waals surface area contributed by atoms with Crippen LogP contribution in [0.2, 0.25) is 0 Å². The third-order valence-electron chi connectivity index (χ3n) is 0.900. The van der Waals surface area contributed by atoms with Gasteiger partial charge in [-0.25, -0.2) is 0 Å². The topological polar surface area (TPSA) is 29.1 Å². The molecule has 0 saturated carbocycles. The van der Waals surface area contributed by atoms with E-state index in [-0.39, 0.29) is 11.9 Å². The van der Waals surface area contributed by atoms with Gasteiger partial charge in [0.05, 0.1) is 0 Å². The summed E-state index contributed by atoms with van der Waals surface area (Å²) in [5, 5.41) is 2.64.